The first kappa shape index (κ1) is 12.2. The molecule has 0 amide bonds. The Hall–Kier alpha value is -0.900. The molecule has 0 aromatic carbocycles. The summed E-state index contributed by atoms with van der Waals surface area (Å²) in [5, 5.41) is 4.15. The van der Waals surface area contributed by atoms with Crippen LogP contribution in [0.5, 0.6) is 0 Å². The third kappa shape index (κ3) is 3.02. The molecule has 0 spiro atoms. The Bertz CT molecular complexity index is 389. The van der Waals surface area contributed by atoms with Crippen LogP contribution in [0.1, 0.15) is 37.7 Å². The number of aryl methyl sites for hydroxylation is 1. The van der Waals surface area contributed by atoms with Crippen molar-refractivity contribution in [2.45, 2.75) is 33.7 Å². The predicted octanol–water partition coefficient (Wildman–Crippen LogP) is 3.20. The van der Waals surface area contributed by atoms with Gasteiger partial charge >= 0.3 is 0 Å². The molecule has 0 radical (unpaired) electrons. The Kier molecular flexibility index (Phi) is 4.27. The van der Waals surface area contributed by atoms with Gasteiger partial charge in [0.2, 0.25) is 5.78 Å². The fourth-order valence-corrected chi connectivity index (χ4v) is 1.81. The molecule has 1 heterocycles. The highest BCUT2D eigenvalue weighted by Gasteiger charge is 2.14. The first-order chi connectivity index (χ1) is 7.06. The highest BCUT2D eigenvalue weighted by atomic mass is 79.9. The van der Waals surface area contributed by atoms with Gasteiger partial charge in [-0.15, -0.1) is 0 Å². The fourth-order valence-electron chi connectivity index (χ4n) is 1.32. The number of carbonyl (C=O) groups is 1. The molecule has 0 bridgehead atoms. The number of carbonyl (C=O) groups excluding carboxylic acids is 1. The molecule has 0 atom stereocenters. The maximum absolute atomic E-state index is 11.9. The molecular formula is C11H15BrN2O. The van der Waals surface area contributed by atoms with Crippen LogP contribution in [0.3, 0.4) is 0 Å². The quantitative estimate of drug-likeness (QED) is 0.622. The highest BCUT2D eigenvalue weighted by molar-refractivity contribution is 9.10. The van der Waals surface area contributed by atoms with Crippen molar-refractivity contribution < 1.29 is 4.79 Å². The summed E-state index contributed by atoms with van der Waals surface area (Å²) in [6.45, 7) is 6.65. The van der Waals surface area contributed by atoms with Crippen LogP contribution in [0.15, 0.2) is 22.3 Å². The van der Waals surface area contributed by atoms with Crippen LogP contribution in [0.2, 0.25) is 0 Å². The molecule has 0 saturated heterocycles. The average Bonchev–Trinajstić information content (AvgIpc) is 2.46. The molecule has 15 heavy (non-hydrogen) atoms. The average molecular weight is 271 g/mol. The van der Waals surface area contributed by atoms with E-state index in [1.165, 1.54) is 0 Å². The second kappa shape index (κ2) is 5.26. The van der Waals surface area contributed by atoms with Gasteiger partial charge in [0.05, 0.1) is 10.7 Å². The van der Waals surface area contributed by atoms with E-state index < -0.39 is 0 Å². The van der Waals surface area contributed by atoms with E-state index in [9.17, 15) is 4.79 Å². The van der Waals surface area contributed by atoms with Gasteiger partial charge in [-0.05, 0) is 42.3 Å². The molecule has 3 nitrogen and oxygen atoms in total. The van der Waals surface area contributed by atoms with Crippen LogP contribution in [0.4, 0.5) is 0 Å². The van der Waals surface area contributed by atoms with Crippen molar-refractivity contribution in [1.82, 2.24) is 9.78 Å². The maximum Gasteiger partial charge on any atom is 0.204 e. The van der Waals surface area contributed by atoms with Crippen LogP contribution >= 0.6 is 15.9 Å². The maximum atomic E-state index is 11.9. The molecule has 4 heteroatoms. The lowest BCUT2D eigenvalue weighted by Crippen LogP contribution is -2.09. The predicted molar refractivity (Wildman–Crippen MR) is 64.0 cm³/mol. The Morgan fingerprint density at radius 1 is 1.60 bits per heavy atom. The van der Waals surface area contributed by atoms with Crippen molar-refractivity contribution in [2.24, 2.45) is 0 Å². The van der Waals surface area contributed by atoms with Crippen molar-refractivity contribution in [1.29, 1.82) is 0 Å². The van der Waals surface area contributed by atoms with Gasteiger partial charge in [-0.3, -0.25) is 9.48 Å². The van der Waals surface area contributed by atoms with Crippen molar-refractivity contribution in [2.75, 3.05) is 0 Å². The molecule has 0 fully saturated rings. The van der Waals surface area contributed by atoms with E-state index in [0.29, 0.717) is 5.69 Å². The molecule has 0 saturated carbocycles. The largest absolute Gasteiger partial charge is 0.288 e. The number of hydrogen-bond donors (Lipinski definition) is 0. The number of rotatable bonds is 4. The van der Waals surface area contributed by atoms with E-state index in [1.807, 2.05) is 13.8 Å². The summed E-state index contributed by atoms with van der Waals surface area (Å²) < 4.78 is 2.50. The molecule has 0 aliphatic heterocycles. The van der Waals surface area contributed by atoms with Gasteiger partial charge in [0, 0.05) is 6.54 Å². The van der Waals surface area contributed by atoms with Crippen molar-refractivity contribution in [3.8, 4) is 0 Å². The zero-order chi connectivity index (χ0) is 11.4. The third-order valence-electron chi connectivity index (χ3n) is 1.88. The van der Waals surface area contributed by atoms with E-state index in [0.717, 1.165) is 23.0 Å². The van der Waals surface area contributed by atoms with Crippen molar-refractivity contribution in [3.05, 3.63) is 28.0 Å². The zero-order valence-corrected chi connectivity index (χ0v) is 10.8. The molecule has 0 unspecified atom stereocenters. The summed E-state index contributed by atoms with van der Waals surface area (Å²) in [4.78, 5) is 11.9. The van der Waals surface area contributed by atoms with Gasteiger partial charge in [0.1, 0.15) is 5.69 Å². The summed E-state index contributed by atoms with van der Waals surface area (Å²) >= 11 is 3.34. The van der Waals surface area contributed by atoms with Gasteiger partial charge in [-0.2, -0.15) is 5.10 Å². The minimum absolute atomic E-state index is 0.00725. The first-order valence-electron chi connectivity index (χ1n) is 4.96. The van der Waals surface area contributed by atoms with E-state index in [2.05, 4.69) is 28.0 Å². The Morgan fingerprint density at radius 3 is 2.80 bits per heavy atom. The van der Waals surface area contributed by atoms with E-state index in [-0.39, 0.29) is 5.78 Å². The van der Waals surface area contributed by atoms with Crippen LogP contribution in [0, 0.1) is 0 Å². The molecular weight excluding hydrogens is 256 g/mol. The lowest BCUT2D eigenvalue weighted by Gasteiger charge is -2.03. The molecule has 1 aromatic rings. The number of halogens is 1. The smallest absolute Gasteiger partial charge is 0.204 e. The third-order valence-corrected chi connectivity index (χ3v) is 2.46. The second-order valence-corrected chi connectivity index (χ2v) is 4.50. The number of hydrogen-bond acceptors (Lipinski definition) is 2. The number of nitrogens with zero attached hydrogens (tertiary/aromatic N) is 2. The van der Waals surface area contributed by atoms with Crippen LogP contribution in [-0.2, 0) is 6.54 Å². The Labute approximate surface area is 98.3 Å². The lowest BCUT2D eigenvalue weighted by atomic mass is 10.2. The molecule has 82 valence electrons. The summed E-state index contributed by atoms with van der Waals surface area (Å²) in [7, 11) is 0. The normalized spacial score (nSPS) is 10.1. The van der Waals surface area contributed by atoms with E-state index >= 15 is 0 Å². The van der Waals surface area contributed by atoms with Crippen molar-refractivity contribution >= 4 is 21.7 Å². The van der Waals surface area contributed by atoms with Crippen LogP contribution < -0.4 is 0 Å². The van der Waals surface area contributed by atoms with Crippen LogP contribution in [-0.4, -0.2) is 15.6 Å². The van der Waals surface area contributed by atoms with E-state index in [1.54, 1.807) is 17.0 Å². The summed E-state index contributed by atoms with van der Waals surface area (Å²) in [5.74, 6) is 0.00725. The zero-order valence-electron chi connectivity index (χ0n) is 9.25. The summed E-state index contributed by atoms with van der Waals surface area (Å²) in [5.41, 5.74) is 1.63. The number of allylic oxidation sites excluding steroid dienone is 2. The summed E-state index contributed by atoms with van der Waals surface area (Å²) in [6.07, 6.45) is 4.26. The highest BCUT2D eigenvalue weighted by Crippen LogP contribution is 2.17. The van der Waals surface area contributed by atoms with Crippen LogP contribution in [0.25, 0.3) is 0 Å². The standard InChI is InChI=1S/C11H15BrN2O/c1-4-5-14-11(9(12)7-13-14)10(15)6-8(2)3/h6-7H,4-5H2,1-3H3. The minimum atomic E-state index is 0.00725. The van der Waals surface area contributed by atoms with Gasteiger partial charge in [-0.25, -0.2) is 0 Å². The minimum Gasteiger partial charge on any atom is -0.288 e. The van der Waals surface area contributed by atoms with E-state index in [4.69, 9.17) is 0 Å². The molecule has 0 aliphatic rings. The van der Waals surface area contributed by atoms with Gasteiger partial charge < -0.3 is 0 Å². The SMILES string of the molecule is CCCn1ncc(Br)c1C(=O)C=C(C)C. The first-order valence-corrected chi connectivity index (χ1v) is 5.76. The molecule has 0 N–H and O–H groups in total. The molecule has 1 rings (SSSR count). The molecule has 0 aliphatic carbocycles. The number of aromatic nitrogens is 2. The fraction of sp³-hybridized carbons (Fsp3) is 0.455. The second-order valence-electron chi connectivity index (χ2n) is 3.65. The number of ketones is 1. The Balaban J connectivity index is 3.06. The van der Waals surface area contributed by atoms with Gasteiger partial charge in [-0.1, -0.05) is 12.5 Å². The van der Waals surface area contributed by atoms with Gasteiger partial charge in [0.25, 0.3) is 0 Å². The monoisotopic (exact) mass is 270 g/mol. The van der Waals surface area contributed by atoms with Gasteiger partial charge in [0.15, 0.2) is 0 Å². The molecule has 1 aromatic heterocycles. The summed E-state index contributed by atoms with van der Waals surface area (Å²) in [6, 6.07) is 0. The Morgan fingerprint density at radius 2 is 2.27 bits per heavy atom. The van der Waals surface area contributed by atoms with Crippen molar-refractivity contribution in [3.63, 3.8) is 0 Å². The topological polar surface area (TPSA) is 34.9 Å². The lowest BCUT2D eigenvalue weighted by molar-refractivity contribution is 0.103.